The summed E-state index contributed by atoms with van der Waals surface area (Å²) in [5.41, 5.74) is 5.24. The van der Waals surface area contributed by atoms with Crippen LogP contribution in [0.2, 0.25) is 0 Å². The van der Waals surface area contributed by atoms with E-state index in [-0.39, 0.29) is 6.54 Å². The second-order valence-corrected chi connectivity index (χ2v) is 4.87. The summed E-state index contributed by atoms with van der Waals surface area (Å²) >= 11 is 0. The van der Waals surface area contributed by atoms with Gasteiger partial charge in [-0.25, -0.2) is 13.1 Å². The molecule has 0 aliphatic rings. The molecule has 0 aromatic rings. The Bertz CT molecular complexity index is 216. The van der Waals surface area contributed by atoms with Crippen molar-refractivity contribution in [1.82, 2.24) is 4.72 Å². The van der Waals surface area contributed by atoms with Gasteiger partial charge < -0.3 is 10.5 Å². The molecule has 0 aliphatic heterocycles. The third-order valence-electron chi connectivity index (χ3n) is 1.62. The fourth-order valence-electron chi connectivity index (χ4n) is 0.669. The molecule has 0 saturated carbocycles. The minimum atomic E-state index is -3.25. The molecular formula is C7H18N2O3S. The van der Waals surface area contributed by atoms with Crippen molar-refractivity contribution in [3.8, 4) is 0 Å². The summed E-state index contributed by atoms with van der Waals surface area (Å²) < 4.78 is 30.0. The van der Waals surface area contributed by atoms with E-state index in [0.717, 1.165) is 0 Å². The summed E-state index contributed by atoms with van der Waals surface area (Å²) in [5, 5.41) is -0.547. The predicted octanol–water partition coefficient (Wildman–Crippen LogP) is -0.710. The van der Waals surface area contributed by atoms with Crippen molar-refractivity contribution < 1.29 is 13.2 Å². The molecule has 0 radical (unpaired) electrons. The smallest absolute Gasteiger partial charge is 0.215 e. The number of hydrogen-bond donors (Lipinski definition) is 2. The monoisotopic (exact) mass is 210 g/mol. The Kier molecular flexibility index (Phi) is 6.23. The molecule has 6 heteroatoms. The standard InChI is InChI=1S/C7H18N2O3S/c1-3-12-5-4-9-13(10,11)7(2)6-8/h7,9H,3-6,8H2,1-2H3. The second-order valence-electron chi connectivity index (χ2n) is 2.68. The highest BCUT2D eigenvalue weighted by atomic mass is 32.2. The average Bonchev–Trinajstić information content (AvgIpc) is 2.11. The molecule has 0 bridgehead atoms. The van der Waals surface area contributed by atoms with Crippen LogP contribution < -0.4 is 10.5 Å². The minimum absolute atomic E-state index is 0.129. The molecule has 5 nitrogen and oxygen atoms in total. The molecule has 0 aromatic carbocycles. The largest absolute Gasteiger partial charge is 0.380 e. The topological polar surface area (TPSA) is 81.4 Å². The lowest BCUT2D eigenvalue weighted by Crippen LogP contribution is -2.38. The SMILES string of the molecule is CCOCCNS(=O)(=O)C(C)CN. The molecule has 0 rings (SSSR count). The zero-order chi connectivity index (χ0) is 10.3. The highest BCUT2D eigenvalue weighted by molar-refractivity contribution is 7.90. The number of nitrogens with two attached hydrogens (primary N) is 1. The van der Waals surface area contributed by atoms with Gasteiger partial charge in [-0.05, 0) is 13.8 Å². The summed E-state index contributed by atoms with van der Waals surface area (Å²) in [7, 11) is -3.25. The molecule has 1 unspecified atom stereocenters. The van der Waals surface area contributed by atoms with Crippen LogP contribution in [0.25, 0.3) is 0 Å². The van der Waals surface area contributed by atoms with Crippen LogP contribution in [-0.2, 0) is 14.8 Å². The molecule has 0 heterocycles. The van der Waals surface area contributed by atoms with Crippen molar-refractivity contribution >= 4 is 10.0 Å². The van der Waals surface area contributed by atoms with Crippen molar-refractivity contribution in [2.75, 3.05) is 26.3 Å². The number of ether oxygens (including phenoxy) is 1. The van der Waals surface area contributed by atoms with Crippen molar-refractivity contribution in [3.63, 3.8) is 0 Å². The predicted molar refractivity (Wildman–Crippen MR) is 51.9 cm³/mol. The maximum atomic E-state index is 11.3. The first-order valence-electron chi connectivity index (χ1n) is 4.31. The van der Waals surface area contributed by atoms with Crippen LogP contribution in [0.5, 0.6) is 0 Å². The molecule has 0 fully saturated rings. The maximum Gasteiger partial charge on any atom is 0.215 e. The van der Waals surface area contributed by atoms with Gasteiger partial charge in [-0.2, -0.15) is 0 Å². The number of nitrogens with one attached hydrogen (secondary N) is 1. The molecule has 0 aliphatic carbocycles. The average molecular weight is 210 g/mol. The lowest BCUT2D eigenvalue weighted by Gasteiger charge is -2.11. The third kappa shape index (κ3) is 5.20. The molecule has 3 N–H and O–H groups in total. The zero-order valence-electron chi connectivity index (χ0n) is 8.12. The third-order valence-corrected chi connectivity index (χ3v) is 3.47. The van der Waals surface area contributed by atoms with Gasteiger partial charge in [0.1, 0.15) is 0 Å². The Labute approximate surface area is 79.7 Å². The summed E-state index contributed by atoms with van der Waals surface area (Å²) in [6, 6.07) is 0. The fourth-order valence-corrected chi connectivity index (χ4v) is 1.58. The van der Waals surface area contributed by atoms with Gasteiger partial charge in [0.25, 0.3) is 0 Å². The number of sulfonamides is 1. The van der Waals surface area contributed by atoms with Crippen molar-refractivity contribution in [1.29, 1.82) is 0 Å². The van der Waals surface area contributed by atoms with Crippen LogP contribution in [0.4, 0.5) is 0 Å². The Hall–Kier alpha value is -0.170. The summed E-state index contributed by atoms with van der Waals surface area (Å²) in [5.74, 6) is 0. The Morgan fingerprint density at radius 3 is 2.62 bits per heavy atom. The van der Waals surface area contributed by atoms with Crippen molar-refractivity contribution in [2.45, 2.75) is 19.1 Å². The van der Waals surface area contributed by atoms with Gasteiger partial charge in [-0.15, -0.1) is 0 Å². The van der Waals surface area contributed by atoms with Gasteiger partial charge >= 0.3 is 0 Å². The summed E-state index contributed by atoms with van der Waals surface area (Å²) in [6.07, 6.45) is 0. The van der Waals surface area contributed by atoms with Crippen molar-refractivity contribution in [3.05, 3.63) is 0 Å². The lowest BCUT2D eigenvalue weighted by atomic mass is 10.5. The van der Waals surface area contributed by atoms with Crippen LogP contribution in [-0.4, -0.2) is 40.0 Å². The molecular weight excluding hydrogens is 192 g/mol. The maximum absolute atomic E-state index is 11.3. The Balaban J connectivity index is 3.77. The highest BCUT2D eigenvalue weighted by Crippen LogP contribution is 1.94. The van der Waals surface area contributed by atoms with E-state index in [2.05, 4.69) is 4.72 Å². The summed E-state index contributed by atoms with van der Waals surface area (Å²) in [6.45, 7) is 4.85. The van der Waals surface area contributed by atoms with Gasteiger partial charge in [0.05, 0.1) is 11.9 Å². The highest BCUT2D eigenvalue weighted by Gasteiger charge is 2.17. The van der Waals surface area contributed by atoms with E-state index in [1.807, 2.05) is 6.92 Å². The first-order chi connectivity index (χ1) is 6.04. The number of hydrogen-bond acceptors (Lipinski definition) is 4. The minimum Gasteiger partial charge on any atom is -0.380 e. The van der Waals surface area contributed by atoms with Crippen LogP contribution >= 0.6 is 0 Å². The Morgan fingerprint density at radius 1 is 1.54 bits per heavy atom. The quantitative estimate of drug-likeness (QED) is 0.544. The first kappa shape index (κ1) is 12.8. The molecule has 0 saturated heterocycles. The zero-order valence-corrected chi connectivity index (χ0v) is 8.93. The van der Waals surface area contributed by atoms with Gasteiger partial charge in [0.15, 0.2) is 0 Å². The van der Waals surface area contributed by atoms with Crippen LogP contribution in [0.1, 0.15) is 13.8 Å². The molecule has 13 heavy (non-hydrogen) atoms. The van der Waals surface area contributed by atoms with Gasteiger partial charge in [-0.3, -0.25) is 0 Å². The van der Waals surface area contributed by atoms with E-state index in [0.29, 0.717) is 19.8 Å². The van der Waals surface area contributed by atoms with Gasteiger partial charge in [0, 0.05) is 19.7 Å². The molecule has 80 valence electrons. The van der Waals surface area contributed by atoms with Crippen LogP contribution in [0.3, 0.4) is 0 Å². The van der Waals surface area contributed by atoms with Crippen LogP contribution in [0, 0.1) is 0 Å². The van der Waals surface area contributed by atoms with Gasteiger partial charge in [0.2, 0.25) is 10.0 Å². The molecule has 0 spiro atoms. The van der Waals surface area contributed by atoms with Crippen molar-refractivity contribution in [2.24, 2.45) is 5.73 Å². The Morgan fingerprint density at radius 2 is 2.15 bits per heavy atom. The fraction of sp³-hybridized carbons (Fsp3) is 1.00. The van der Waals surface area contributed by atoms with E-state index in [1.165, 1.54) is 0 Å². The first-order valence-corrected chi connectivity index (χ1v) is 5.85. The molecule has 0 aromatic heterocycles. The molecule has 0 amide bonds. The molecule has 1 atom stereocenters. The second kappa shape index (κ2) is 6.31. The normalized spacial score (nSPS) is 14.4. The number of rotatable bonds is 7. The van der Waals surface area contributed by atoms with E-state index < -0.39 is 15.3 Å². The van der Waals surface area contributed by atoms with Crippen LogP contribution in [0.15, 0.2) is 0 Å². The summed E-state index contributed by atoms with van der Waals surface area (Å²) in [4.78, 5) is 0. The lowest BCUT2D eigenvalue weighted by molar-refractivity contribution is 0.153. The van der Waals surface area contributed by atoms with Gasteiger partial charge in [-0.1, -0.05) is 0 Å². The van der Waals surface area contributed by atoms with E-state index >= 15 is 0 Å². The van der Waals surface area contributed by atoms with E-state index in [4.69, 9.17) is 10.5 Å². The van der Waals surface area contributed by atoms with E-state index in [9.17, 15) is 8.42 Å². The van der Waals surface area contributed by atoms with E-state index in [1.54, 1.807) is 6.92 Å².